The van der Waals surface area contributed by atoms with E-state index in [0.29, 0.717) is 23.7 Å². The van der Waals surface area contributed by atoms with Crippen LogP contribution in [0.2, 0.25) is 0 Å². The van der Waals surface area contributed by atoms with Gasteiger partial charge in [0.1, 0.15) is 11.9 Å². The zero-order chi connectivity index (χ0) is 29.5. The third-order valence-electron chi connectivity index (χ3n) is 7.28. The highest BCUT2D eigenvalue weighted by molar-refractivity contribution is 5.75. The topological polar surface area (TPSA) is 44.8 Å². The molecule has 1 saturated carbocycles. The lowest BCUT2D eigenvalue weighted by molar-refractivity contribution is -0.140. The minimum absolute atomic E-state index is 0.123. The molecule has 3 aromatic carbocycles. The lowest BCUT2D eigenvalue weighted by atomic mass is 9.83. The molecule has 0 N–H and O–H groups in total. The fraction of sp³-hybridized carbons (Fsp3) is 0.406. The molecule has 0 saturated heterocycles. The number of benzene rings is 3. The van der Waals surface area contributed by atoms with Crippen LogP contribution in [-0.2, 0) is 4.79 Å². The van der Waals surface area contributed by atoms with Gasteiger partial charge in [0.25, 0.3) is 0 Å². The Kier molecular flexibility index (Phi) is 10.2. The number of halogens is 5. The Morgan fingerprint density at radius 1 is 0.780 bits per heavy atom. The van der Waals surface area contributed by atoms with E-state index in [9.17, 15) is 26.7 Å². The highest BCUT2D eigenvalue weighted by Crippen LogP contribution is 2.35. The number of hydrogen-bond acceptors (Lipinski definition) is 4. The maximum Gasteiger partial charge on any atom is 0.314 e. The molecule has 3 aromatic rings. The van der Waals surface area contributed by atoms with E-state index in [0.717, 1.165) is 49.9 Å². The summed E-state index contributed by atoms with van der Waals surface area (Å²) in [5.41, 5.74) is -0.651. The number of rotatable bonds is 11. The minimum atomic E-state index is -1.47. The standard InChI is InChI=1S/C32H33F5O4/c1-3-17-39-26-14-12-23(28(34)30(26)36)24-13-15-27(31(37)29(24)35)40-18-16-25(33)20-8-10-22(11-9-20)41-32(38)21-6-4-19(2)5-7-21/h8-15,19,21,25H,3-7,16-18H2,1-2H3. The van der Waals surface area contributed by atoms with Crippen LogP contribution >= 0.6 is 0 Å². The van der Waals surface area contributed by atoms with Gasteiger partial charge in [-0.2, -0.15) is 8.78 Å². The second kappa shape index (κ2) is 13.8. The summed E-state index contributed by atoms with van der Waals surface area (Å²) >= 11 is 0. The monoisotopic (exact) mass is 576 g/mol. The molecule has 220 valence electrons. The Labute approximate surface area is 236 Å². The lowest BCUT2D eigenvalue weighted by Crippen LogP contribution is -2.24. The van der Waals surface area contributed by atoms with Crippen molar-refractivity contribution >= 4 is 5.97 Å². The molecule has 0 aliphatic heterocycles. The predicted octanol–water partition coefficient (Wildman–Crippen LogP) is 8.91. The maximum absolute atomic E-state index is 14.8. The van der Waals surface area contributed by atoms with E-state index in [4.69, 9.17) is 14.2 Å². The lowest BCUT2D eigenvalue weighted by Gasteiger charge is -2.24. The van der Waals surface area contributed by atoms with Gasteiger partial charge in [-0.05, 0) is 80.0 Å². The molecule has 0 heterocycles. The molecule has 0 bridgehead atoms. The molecular formula is C32H33F5O4. The molecule has 1 atom stereocenters. The highest BCUT2D eigenvalue weighted by atomic mass is 19.2. The van der Waals surface area contributed by atoms with Crippen LogP contribution in [0.15, 0.2) is 48.5 Å². The van der Waals surface area contributed by atoms with Gasteiger partial charge >= 0.3 is 5.97 Å². The van der Waals surface area contributed by atoms with E-state index in [1.165, 1.54) is 24.3 Å². The van der Waals surface area contributed by atoms with Gasteiger partial charge in [-0.3, -0.25) is 4.79 Å². The molecule has 4 rings (SSSR count). The summed E-state index contributed by atoms with van der Waals surface area (Å²) in [4.78, 5) is 12.4. The number of carbonyl (C=O) groups is 1. The molecule has 1 aliphatic carbocycles. The van der Waals surface area contributed by atoms with Crippen LogP contribution in [0.25, 0.3) is 11.1 Å². The van der Waals surface area contributed by atoms with Crippen molar-refractivity contribution in [3.63, 3.8) is 0 Å². The zero-order valence-electron chi connectivity index (χ0n) is 23.0. The molecule has 4 nitrogen and oxygen atoms in total. The quantitative estimate of drug-likeness (QED) is 0.130. The van der Waals surface area contributed by atoms with Gasteiger partial charge in [-0.15, -0.1) is 0 Å². The third-order valence-corrected chi connectivity index (χ3v) is 7.28. The van der Waals surface area contributed by atoms with Crippen LogP contribution in [0.4, 0.5) is 22.0 Å². The summed E-state index contributed by atoms with van der Waals surface area (Å²) in [6.07, 6.45) is 2.53. The SMILES string of the molecule is CCCOc1ccc(-c2ccc(OCCC(F)c3ccc(OC(=O)C4CCC(C)CC4)cc3)c(F)c2F)c(F)c1F. The normalized spacial score (nSPS) is 17.6. The van der Waals surface area contributed by atoms with E-state index in [2.05, 4.69) is 6.92 Å². The minimum Gasteiger partial charge on any atom is -0.490 e. The number of alkyl halides is 1. The van der Waals surface area contributed by atoms with E-state index < -0.39 is 46.3 Å². The summed E-state index contributed by atoms with van der Waals surface area (Å²) in [6, 6.07) is 10.4. The van der Waals surface area contributed by atoms with Crippen molar-refractivity contribution in [2.75, 3.05) is 13.2 Å². The van der Waals surface area contributed by atoms with Gasteiger partial charge in [-0.25, -0.2) is 13.2 Å². The molecule has 0 spiro atoms. The fourth-order valence-corrected chi connectivity index (χ4v) is 4.79. The van der Waals surface area contributed by atoms with Crippen molar-refractivity contribution in [3.05, 3.63) is 77.4 Å². The molecule has 0 radical (unpaired) electrons. The van der Waals surface area contributed by atoms with Gasteiger partial charge in [0.15, 0.2) is 23.1 Å². The molecular weight excluding hydrogens is 543 g/mol. The Morgan fingerprint density at radius 3 is 1.85 bits per heavy atom. The molecule has 1 aliphatic rings. The van der Waals surface area contributed by atoms with E-state index in [-0.39, 0.29) is 37.3 Å². The first-order valence-electron chi connectivity index (χ1n) is 13.9. The number of carbonyl (C=O) groups excluding carboxylic acids is 1. The van der Waals surface area contributed by atoms with E-state index >= 15 is 0 Å². The summed E-state index contributed by atoms with van der Waals surface area (Å²) < 4.78 is 89.0. The van der Waals surface area contributed by atoms with Crippen LogP contribution in [0.5, 0.6) is 17.2 Å². The Balaban J connectivity index is 1.32. The average Bonchev–Trinajstić information content (AvgIpc) is 2.97. The van der Waals surface area contributed by atoms with E-state index in [1.54, 1.807) is 6.92 Å². The molecule has 1 unspecified atom stereocenters. The number of esters is 1. The number of ether oxygens (including phenoxy) is 3. The van der Waals surface area contributed by atoms with Gasteiger partial charge in [-0.1, -0.05) is 26.0 Å². The van der Waals surface area contributed by atoms with Crippen LogP contribution in [0.1, 0.15) is 64.1 Å². The summed E-state index contributed by atoms with van der Waals surface area (Å²) in [6.45, 7) is 3.86. The Morgan fingerprint density at radius 2 is 1.32 bits per heavy atom. The van der Waals surface area contributed by atoms with Crippen molar-refractivity contribution in [1.29, 1.82) is 0 Å². The third kappa shape index (κ3) is 7.37. The zero-order valence-corrected chi connectivity index (χ0v) is 23.0. The van der Waals surface area contributed by atoms with Crippen molar-refractivity contribution < 1.29 is 41.0 Å². The predicted molar refractivity (Wildman–Crippen MR) is 145 cm³/mol. The van der Waals surface area contributed by atoms with Crippen LogP contribution in [0.3, 0.4) is 0 Å². The largest absolute Gasteiger partial charge is 0.490 e. The first-order chi connectivity index (χ1) is 19.7. The Bertz CT molecular complexity index is 1340. The van der Waals surface area contributed by atoms with Crippen LogP contribution in [0, 0.1) is 35.1 Å². The van der Waals surface area contributed by atoms with Crippen molar-refractivity contribution in [2.24, 2.45) is 11.8 Å². The van der Waals surface area contributed by atoms with Gasteiger partial charge in [0.05, 0.1) is 19.1 Å². The summed E-state index contributed by atoms with van der Waals surface area (Å²) in [7, 11) is 0. The second-order valence-corrected chi connectivity index (χ2v) is 10.4. The molecule has 0 amide bonds. The van der Waals surface area contributed by atoms with Gasteiger partial charge in [0, 0.05) is 17.5 Å². The van der Waals surface area contributed by atoms with Crippen molar-refractivity contribution in [3.8, 4) is 28.4 Å². The highest BCUT2D eigenvalue weighted by Gasteiger charge is 2.26. The van der Waals surface area contributed by atoms with Crippen LogP contribution in [-0.4, -0.2) is 19.2 Å². The van der Waals surface area contributed by atoms with Gasteiger partial charge < -0.3 is 14.2 Å². The first kappa shape index (κ1) is 30.3. The second-order valence-electron chi connectivity index (χ2n) is 10.4. The summed E-state index contributed by atoms with van der Waals surface area (Å²) in [5.74, 6) is -5.74. The molecule has 41 heavy (non-hydrogen) atoms. The average molecular weight is 577 g/mol. The van der Waals surface area contributed by atoms with Gasteiger partial charge in [0.2, 0.25) is 11.6 Å². The van der Waals surface area contributed by atoms with Crippen molar-refractivity contribution in [2.45, 2.75) is 58.5 Å². The smallest absolute Gasteiger partial charge is 0.314 e. The molecule has 9 heteroatoms. The summed E-state index contributed by atoms with van der Waals surface area (Å²) in [5, 5.41) is 0. The maximum atomic E-state index is 14.8. The van der Waals surface area contributed by atoms with Crippen molar-refractivity contribution in [1.82, 2.24) is 0 Å². The molecule has 0 aromatic heterocycles. The van der Waals surface area contributed by atoms with E-state index in [1.807, 2.05) is 0 Å². The first-order valence-corrected chi connectivity index (χ1v) is 13.9. The molecule has 1 fully saturated rings. The number of hydrogen-bond donors (Lipinski definition) is 0. The van der Waals surface area contributed by atoms with Crippen LogP contribution < -0.4 is 14.2 Å². The fourth-order valence-electron chi connectivity index (χ4n) is 4.79. The Hall–Kier alpha value is -3.62.